The topological polar surface area (TPSA) is 84.5 Å². The Labute approximate surface area is 174 Å². The molecular weight excluding hydrogens is 408 g/mol. The second kappa shape index (κ2) is 9.69. The standard InChI is InChI=1S/C21H22N2O4S2/c1-27-18-10-5-9-17(13-18)15-22-21(24)19(14-16-7-3-2-4-8-16)23-29(25,26)20-11-6-12-28-20/h2-13,19,23H,14-15H2,1H3,(H,22,24). The Hall–Kier alpha value is -2.68. The highest BCUT2D eigenvalue weighted by molar-refractivity contribution is 7.91. The van der Waals surface area contributed by atoms with Gasteiger partial charge in [-0.15, -0.1) is 11.3 Å². The Morgan fingerprint density at radius 1 is 1.03 bits per heavy atom. The number of carbonyl (C=O) groups is 1. The number of methoxy groups -OCH3 is 1. The van der Waals surface area contributed by atoms with Gasteiger partial charge in [0.15, 0.2) is 0 Å². The van der Waals surface area contributed by atoms with Gasteiger partial charge in [0.05, 0.1) is 7.11 Å². The van der Waals surface area contributed by atoms with Gasteiger partial charge in [-0.05, 0) is 41.1 Å². The molecule has 152 valence electrons. The molecule has 6 nitrogen and oxygen atoms in total. The number of ether oxygens (including phenoxy) is 1. The first kappa shape index (κ1) is 21.0. The van der Waals surface area contributed by atoms with Gasteiger partial charge in [0.25, 0.3) is 10.0 Å². The van der Waals surface area contributed by atoms with Gasteiger partial charge >= 0.3 is 0 Å². The van der Waals surface area contributed by atoms with Crippen LogP contribution in [0.3, 0.4) is 0 Å². The summed E-state index contributed by atoms with van der Waals surface area (Å²) in [6, 6.07) is 18.9. The Morgan fingerprint density at radius 3 is 2.48 bits per heavy atom. The maximum Gasteiger partial charge on any atom is 0.250 e. The van der Waals surface area contributed by atoms with Crippen molar-refractivity contribution in [1.82, 2.24) is 10.0 Å². The highest BCUT2D eigenvalue weighted by atomic mass is 32.2. The number of sulfonamides is 1. The second-order valence-corrected chi connectivity index (χ2v) is 9.25. The van der Waals surface area contributed by atoms with Crippen LogP contribution in [0, 0.1) is 0 Å². The van der Waals surface area contributed by atoms with Gasteiger partial charge < -0.3 is 10.1 Å². The van der Waals surface area contributed by atoms with Crippen LogP contribution >= 0.6 is 11.3 Å². The van der Waals surface area contributed by atoms with Crippen LogP contribution in [0.25, 0.3) is 0 Å². The van der Waals surface area contributed by atoms with Gasteiger partial charge in [0.1, 0.15) is 16.0 Å². The SMILES string of the molecule is COc1cccc(CNC(=O)C(Cc2ccccc2)NS(=O)(=O)c2cccs2)c1. The molecule has 1 heterocycles. The van der Waals surface area contributed by atoms with E-state index in [0.717, 1.165) is 22.5 Å². The van der Waals surface area contributed by atoms with Crippen molar-refractivity contribution in [3.8, 4) is 5.75 Å². The molecule has 0 radical (unpaired) electrons. The first-order valence-corrected chi connectivity index (χ1v) is 11.3. The summed E-state index contributed by atoms with van der Waals surface area (Å²) in [7, 11) is -2.21. The minimum absolute atomic E-state index is 0.177. The van der Waals surface area contributed by atoms with Crippen molar-refractivity contribution in [2.45, 2.75) is 23.2 Å². The molecule has 0 saturated heterocycles. The zero-order valence-corrected chi connectivity index (χ0v) is 17.5. The fraction of sp³-hybridized carbons (Fsp3) is 0.190. The van der Waals surface area contributed by atoms with Crippen LogP contribution in [-0.4, -0.2) is 27.5 Å². The van der Waals surface area contributed by atoms with E-state index in [-0.39, 0.29) is 17.2 Å². The number of benzene rings is 2. The average molecular weight is 431 g/mol. The molecule has 0 aliphatic carbocycles. The zero-order valence-electron chi connectivity index (χ0n) is 15.9. The summed E-state index contributed by atoms with van der Waals surface area (Å²) in [5.74, 6) is 0.299. The number of amides is 1. The molecule has 8 heteroatoms. The molecule has 0 saturated carbocycles. The second-order valence-electron chi connectivity index (χ2n) is 6.37. The van der Waals surface area contributed by atoms with Crippen LogP contribution in [0.1, 0.15) is 11.1 Å². The van der Waals surface area contributed by atoms with E-state index in [1.54, 1.807) is 18.6 Å². The van der Waals surface area contributed by atoms with Crippen molar-refractivity contribution >= 4 is 27.3 Å². The van der Waals surface area contributed by atoms with E-state index in [2.05, 4.69) is 10.0 Å². The van der Waals surface area contributed by atoms with Crippen molar-refractivity contribution in [2.75, 3.05) is 7.11 Å². The third-order valence-electron chi connectivity index (χ3n) is 4.26. The van der Waals surface area contributed by atoms with E-state index in [1.165, 1.54) is 6.07 Å². The lowest BCUT2D eigenvalue weighted by Gasteiger charge is -2.18. The molecule has 2 N–H and O–H groups in total. The Morgan fingerprint density at radius 2 is 1.79 bits per heavy atom. The van der Waals surface area contributed by atoms with E-state index < -0.39 is 22.0 Å². The predicted octanol–water partition coefficient (Wildman–Crippen LogP) is 2.96. The summed E-state index contributed by atoms with van der Waals surface area (Å²) >= 11 is 1.11. The maximum absolute atomic E-state index is 12.9. The summed E-state index contributed by atoms with van der Waals surface area (Å²) in [5.41, 5.74) is 1.72. The van der Waals surface area contributed by atoms with Crippen LogP contribution in [0.2, 0.25) is 0 Å². The fourth-order valence-electron chi connectivity index (χ4n) is 2.79. The van der Waals surface area contributed by atoms with Crippen LogP contribution in [0.15, 0.2) is 76.3 Å². The lowest BCUT2D eigenvalue weighted by atomic mass is 10.1. The zero-order chi connectivity index (χ0) is 20.7. The number of carbonyl (C=O) groups excluding carboxylic acids is 1. The minimum atomic E-state index is -3.79. The first-order chi connectivity index (χ1) is 14.0. The molecule has 1 amide bonds. The van der Waals surface area contributed by atoms with Crippen molar-refractivity contribution in [3.05, 3.63) is 83.2 Å². The van der Waals surface area contributed by atoms with E-state index >= 15 is 0 Å². The predicted molar refractivity (Wildman–Crippen MR) is 113 cm³/mol. The number of hydrogen-bond donors (Lipinski definition) is 2. The summed E-state index contributed by atoms with van der Waals surface area (Å²) in [6.45, 7) is 0.266. The molecule has 0 bridgehead atoms. The van der Waals surface area contributed by atoms with Gasteiger partial charge in [-0.1, -0.05) is 48.5 Å². The molecule has 0 aliphatic rings. The molecule has 0 spiro atoms. The van der Waals surface area contributed by atoms with Gasteiger partial charge in [0.2, 0.25) is 5.91 Å². The Balaban J connectivity index is 1.75. The number of hydrogen-bond acceptors (Lipinski definition) is 5. The largest absolute Gasteiger partial charge is 0.497 e. The van der Waals surface area contributed by atoms with Gasteiger partial charge in [-0.25, -0.2) is 8.42 Å². The molecule has 3 aromatic rings. The van der Waals surface area contributed by atoms with E-state index in [0.29, 0.717) is 5.75 Å². The van der Waals surface area contributed by atoms with Gasteiger partial charge in [-0.2, -0.15) is 4.72 Å². The van der Waals surface area contributed by atoms with E-state index in [1.807, 2.05) is 54.6 Å². The first-order valence-electron chi connectivity index (χ1n) is 8.98. The van der Waals surface area contributed by atoms with Crippen LogP contribution < -0.4 is 14.8 Å². The van der Waals surface area contributed by atoms with Crippen molar-refractivity contribution < 1.29 is 17.9 Å². The van der Waals surface area contributed by atoms with Gasteiger partial charge in [-0.3, -0.25) is 4.79 Å². The summed E-state index contributed by atoms with van der Waals surface area (Å²) in [6.07, 6.45) is 0.245. The lowest BCUT2D eigenvalue weighted by Crippen LogP contribution is -2.47. The highest BCUT2D eigenvalue weighted by Crippen LogP contribution is 2.17. The summed E-state index contributed by atoms with van der Waals surface area (Å²) in [4.78, 5) is 12.9. The van der Waals surface area contributed by atoms with Crippen molar-refractivity contribution in [2.24, 2.45) is 0 Å². The Kier molecular flexibility index (Phi) is 7.03. The quantitative estimate of drug-likeness (QED) is 0.547. The molecule has 2 aromatic carbocycles. The summed E-state index contributed by atoms with van der Waals surface area (Å²) in [5, 5.41) is 4.50. The molecule has 1 atom stereocenters. The lowest BCUT2D eigenvalue weighted by molar-refractivity contribution is -0.122. The third kappa shape index (κ3) is 5.90. The molecular formula is C21H22N2O4S2. The van der Waals surface area contributed by atoms with E-state index in [4.69, 9.17) is 4.74 Å². The molecule has 1 aromatic heterocycles. The van der Waals surface area contributed by atoms with Crippen LogP contribution in [0.4, 0.5) is 0 Å². The molecule has 0 aliphatic heterocycles. The average Bonchev–Trinajstić information content (AvgIpc) is 3.28. The highest BCUT2D eigenvalue weighted by Gasteiger charge is 2.26. The van der Waals surface area contributed by atoms with E-state index in [9.17, 15) is 13.2 Å². The van der Waals surface area contributed by atoms with Crippen molar-refractivity contribution in [3.63, 3.8) is 0 Å². The molecule has 29 heavy (non-hydrogen) atoms. The number of nitrogens with one attached hydrogen (secondary N) is 2. The van der Waals surface area contributed by atoms with Crippen LogP contribution in [-0.2, 0) is 27.8 Å². The number of thiophene rings is 1. The third-order valence-corrected chi connectivity index (χ3v) is 7.13. The van der Waals surface area contributed by atoms with Crippen LogP contribution in [0.5, 0.6) is 5.75 Å². The monoisotopic (exact) mass is 430 g/mol. The van der Waals surface area contributed by atoms with Gasteiger partial charge in [0, 0.05) is 6.54 Å². The molecule has 3 rings (SSSR count). The summed E-state index contributed by atoms with van der Waals surface area (Å²) < 4.78 is 33.2. The smallest absolute Gasteiger partial charge is 0.250 e. The fourth-order valence-corrected chi connectivity index (χ4v) is 5.00. The van der Waals surface area contributed by atoms with Crippen molar-refractivity contribution in [1.29, 1.82) is 0 Å². The molecule has 0 fully saturated rings. The Bertz CT molecular complexity index is 1040. The minimum Gasteiger partial charge on any atom is -0.497 e. The number of rotatable bonds is 9. The normalized spacial score (nSPS) is 12.3. The molecule has 1 unspecified atom stereocenters. The maximum atomic E-state index is 12.9.